The Labute approximate surface area is 86.9 Å². The third-order valence-electron chi connectivity index (χ3n) is 3.15. The van der Waals surface area contributed by atoms with Crippen LogP contribution < -0.4 is 5.32 Å². The van der Waals surface area contributed by atoms with E-state index in [0.717, 1.165) is 32.5 Å². The predicted octanol–water partition coefficient (Wildman–Crippen LogP) is 1.24. The van der Waals surface area contributed by atoms with E-state index in [2.05, 4.69) is 12.2 Å². The largest absolute Gasteiger partial charge is 0.343 e. The molecule has 1 aliphatic heterocycles. The molecule has 0 aromatic heterocycles. The van der Waals surface area contributed by atoms with Crippen molar-refractivity contribution in [1.82, 2.24) is 10.2 Å². The third kappa shape index (κ3) is 2.47. The van der Waals surface area contributed by atoms with Gasteiger partial charge < -0.3 is 10.2 Å². The van der Waals surface area contributed by atoms with Crippen LogP contribution in [0, 0.1) is 5.92 Å². The summed E-state index contributed by atoms with van der Waals surface area (Å²) in [7, 11) is 0. The summed E-state index contributed by atoms with van der Waals surface area (Å²) in [6.45, 7) is 8.93. The molecule has 0 radical (unpaired) electrons. The molecule has 0 bridgehead atoms. The lowest BCUT2D eigenvalue weighted by atomic mass is 9.90. The molecule has 0 aromatic carbocycles. The van der Waals surface area contributed by atoms with E-state index < -0.39 is 0 Å². The van der Waals surface area contributed by atoms with Crippen LogP contribution in [-0.2, 0) is 4.79 Å². The zero-order chi connectivity index (χ0) is 10.6. The first-order valence-electron chi connectivity index (χ1n) is 5.72. The van der Waals surface area contributed by atoms with E-state index in [1.807, 2.05) is 18.7 Å². The van der Waals surface area contributed by atoms with Gasteiger partial charge in [-0.25, -0.2) is 0 Å². The van der Waals surface area contributed by atoms with E-state index in [9.17, 15) is 4.79 Å². The highest BCUT2D eigenvalue weighted by atomic mass is 16.2. The maximum absolute atomic E-state index is 12.1. The van der Waals surface area contributed by atoms with Gasteiger partial charge in [0.2, 0.25) is 5.91 Å². The van der Waals surface area contributed by atoms with Crippen LogP contribution in [0.25, 0.3) is 0 Å². The molecule has 3 heteroatoms. The van der Waals surface area contributed by atoms with Gasteiger partial charge >= 0.3 is 0 Å². The van der Waals surface area contributed by atoms with Gasteiger partial charge in [-0.2, -0.15) is 0 Å². The molecule has 0 aliphatic carbocycles. The fourth-order valence-corrected chi connectivity index (χ4v) is 2.15. The molecule has 2 unspecified atom stereocenters. The van der Waals surface area contributed by atoms with E-state index >= 15 is 0 Å². The van der Waals surface area contributed by atoms with E-state index in [4.69, 9.17) is 0 Å². The lowest BCUT2D eigenvalue weighted by Crippen LogP contribution is -2.48. The van der Waals surface area contributed by atoms with Crippen LogP contribution in [0.2, 0.25) is 0 Å². The van der Waals surface area contributed by atoms with Gasteiger partial charge in [0.25, 0.3) is 0 Å². The minimum atomic E-state index is 0.198. The summed E-state index contributed by atoms with van der Waals surface area (Å²) >= 11 is 0. The maximum Gasteiger partial charge on any atom is 0.227 e. The zero-order valence-electron chi connectivity index (χ0n) is 9.55. The second-order valence-electron chi connectivity index (χ2n) is 4.00. The lowest BCUT2D eigenvalue weighted by molar-refractivity contribution is -0.136. The molecule has 0 saturated carbocycles. The van der Waals surface area contributed by atoms with Gasteiger partial charge in [0.05, 0.1) is 5.92 Å². The van der Waals surface area contributed by atoms with Crippen LogP contribution in [0.4, 0.5) is 0 Å². The summed E-state index contributed by atoms with van der Waals surface area (Å²) in [6, 6.07) is 0.344. The Bertz CT molecular complexity index is 190. The van der Waals surface area contributed by atoms with Crippen molar-refractivity contribution in [3.63, 3.8) is 0 Å². The monoisotopic (exact) mass is 198 g/mol. The van der Waals surface area contributed by atoms with Gasteiger partial charge in [0.1, 0.15) is 0 Å². The summed E-state index contributed by atoms with van der Waals surface area (Å²) in [5.74, 6) is 0.526. The van der Waals surface area contributed by atoms with Gasteiger partial charge in [0.15, 0.2) is 0 Å². The summed E-state index contributed by atoms with van der Waals surface area (Å²) < 4.78 is 0. The number of carbonyl (C=O) groups is 1. The number of nitrogens with one attached hydrogen (secondary N) is 1. The van der Waals surface area contributed by atoms with E-state index in [0.29, 0.717) is 11.9 Å². The fraction of sp³-hybridized carbons (Fsp3) is 0.909. The Balaban J connectivity index is 2.57. The molecule has 82 valence electrons. The van der Waals surface area contributed by atoms with E-state index in [1.165, 1.54) is 0 Å². The van der Waals surface area contributed by atoms with E-state index in [1.54, 1.807) is 0 Å². The summed E-state index contributed by atoms with van der Waals surface area (Å²) in [5.41, 5.74) is 0. The Morgan fingerprint density at radius 3 is 2.57 bits per heavy atom. The molecule has 1 heterocycles. The molecule has 1 fully saturated rings. The van der Waals surface area contributed by atoms with Crippen molar-refractivity contribution in [2.24, 2.45) is 5.92 Å². The molecular weight excluding hydrogens is 176 g/mol. The fourth-order valence-electron chi connectivity index (χ4n) is 2.15. The molecule has 14 heavy (non-hydrogen) atoms. The van der Waals surface area contributed by atoms with Crippen molar-refractivity contribution >= 4 is 5.91 Å². The topological polar surface area (TPSA) is 32.3 Å². The van der Waals surface area contributed by atoms with Crippen molar-refractivity contribution < 1.29 is 4.79 Å². The lowest BCUT2D eigenvalue weighted by Gasteiger charge is -2.32. The zero-order valence-corrected chi connectivity index (χ0v) is 9.55. The first kappa shape index (κ1) is 11.5. The van der Waals surface area contributed by atoms with Gasteiger partial charge in [0, 0.05) is 19.1 Å². The van der Waals surface area contributed by atoms with Crippen molar-refractivity contribution in [1.29, 1.82) is 0 Å². The average molecular weight is 198 g/mol. The Kier molecular flexibility index (Phi) is 4.39. The first-order chi connectivity index (χ1) is 6.70. The van der Waals surface area contributed by atoms with Crippen LogP contribution in [0.15, 0.2) is 0 Å². The molecule has 3 nitrogen and oxygen atoms in total. The Morgan fingerprint density at radius 2 is 2.07 bits per heavy atom. The van der Waals surface area contributed by atoms with Crippen molar-refractivity contribution in [3.8, 4) is 0 Å². The molecule has 1 rings (SSSR count). The predicted molar refractivity (Wildman–Crippen MR) is 58.1 cm³/mol. The number of nitrogens with zero attached hydrogens (tertiary/aromatic N) is 1. The van der Waals surface area contributed by atoms with Crippen LogP contribution in [0.3, 0.4) is 0 Å². The first-order valence-corrected chi connectivity index (χ1v) is 5.72. The van der Waals surface area contributed by atoms with E-state index in [-0.39, 0.29) is 5.92 Å². The highest BCUT2D eigenvalue weighted by Crippen LogP contribution is 2.18. The van der Waals surface area contributed by atoms with Crippen molar-refractivity contribution in [2.45, 2.75) is 39.7 Å². The number of piperidine rings is 1. The Morgan fingerprint density at radius 1 is 1.43 bits per heavy atom. The molecule has 2 atom stereocenters. The van der Waals surface area contributed by atoms with Crippen LogP contribution in [0.1, 0.15) is 33.6 Å². The number of amides is 1. The number of hydrogen-bond acceptors (Lipinski definition) is 2. The number of hydrogen-bond donors (Lipinski definition) is 1. The second kappa shape index (κ2) is 5.35. The normalized spacial score (nSPS) is 27.4. The molecule has 0 aromatic rings. The van der Waals surface area contributed by atoms with Gasteiger partial charge in [-0.3, -0.25) is 4.79 Å². The van der Waals surface area contributed by atoms with Gasteiger partial charge in [-0.05, 0) is 40.2 Å². The molecular formula is C11H22N2O. The minimum absolute atomic E-state index is 0.198. The van der Waals surface area contributed by atoms with Gasteiger partial charge in [-0.15, -0.1) is 0 Å². The highest BCUT2D eigenvalue weighted by molar-refractivity contribution is 5.79. The van der Waals surface area contributed by atoms with Gasteiger partial charge in [-0.1, -0.05) is 0 Å². The molecule has 1 N–H and O–H groups in total. The summed E-state index contributed by atoms with van der Waals surface area (Å²) in [6.07, 6.45) is 2.17. The van der Waals surface area contributed by atoms with Crippen LogP contribution in [-0.4, -0.2) is 36.5 Å². The summed E-state index contributed by atoms with van der Waals surface area (Å²) in [4.78, 5) is 14.0. The minimum Gasteiger partial charge on any atom is -0.343 e. The van der Waals surface area contributed by atoms with Crippen LogP contribution >= 0.6 is 0 Å². The Hall–Kier alpha value is -0.570. The smallest absolute Gasteiger partial charge is 0.227 e. The average Bonchev–Trinajstić information content (AvgIpc) is 2.20. The highest BCUT2D eigenvalue weighted by Gasteiger charge is 2.29. The molecule has 0 spiro atoms. The third-order valence-corrected chi connectivity index (χ3v) is 3.15. The van der Waals surface area contributed by atoms with Crippen molar-refractivity contribution in [2.75, 3.05) is 19.6 Å². The molecule has 1 saturated heterocycles. The maximum atomic E-state index is 12.1. The summed E-state index contributed by atoms with van der Waals surface area (Å²) in [5, 5.41) is 3.37. The van der Waals surface area contributed by atoms with Crippen molar-refractivity contribution in [3.05, 3.63) is 0 Å². The number of carbonyl (C=O) groups excluding carboxylic acids is 1. The second-order valence-corrected chi connectivity index (χ2v) is 4.00. The van der Waals surface area contributed by atoms with Crippen LogP contribution in [0.5, 0.6) is 0 Å². The molecule has 1 amide bonds. The standard InChI is InChI=1S/C11H22N2O/c1-4-13(5-2)11(14)10-7-6-8-12-9(10)3/h9-10,12H,4-8H2,1-3H3. The molecule has 1 aliphatic rings. The quantitative estimate of drug-likeness (QED) is 0.740. The number of rotatable bonds is 3. The SMILES string of the molecule is CCN(CC)C(=O)C1CCCNC1C.